The number of sulfonamides is 1. The van der Waals surface area contributed by atoms with Crippen LogP contribution in [0.4, 0.5) is 10.8 Å². The first-order chi connectivity index (χ1) is 10.4. The fourth-order valence-electron chi connectivity index (χ4n) is 1.74. The zero-order chi connectivity index (χ0) is 16.2. The van der Waals surface area contributed by atoms with Gasteiger partial charge in [0.05, 0.1) is 5.75 Å². The maximum atomic E-state index is 12.1. The molecule has 2 aromatic rings. The Labute approximate surface area is 132 Å². The predicted octanol–water partition coefficient (Wildman–Crippen LogP) is 2.25. The number of anilines is 2. The molecule has 0 fully saturated rings. The summed E-state index contributed by atoms with van der Waals surface area (Å²) in [5.41, 5.74) is 0.694. The van der Waals surface area contributed by atoms with Crippen LogP contribution in [0.1, 0.15) is 28.7 Å². The monoisotopic (exact) mass is 340 g/mol. The number of aryl methyl sites for hydroxylation is 1. The average Bonchev–Trinajstić information content (AvgIpc) is 2.83. The Balaban J connectivity index is 2.12. The summed E-state index contributed by atoms with van der Waals surface area (Å²) < 4.78 is 25.9. The molecule has 0 unspecified atom stereocenters. The van der Waals surface area contributed by atoms with Gasteiger partial charge in [0.1, 0.15) is 5.01 Å². The molecule has 118 valence electrons. The summed E-state index contributed by atoms with van der Waals surface area (Å²) in [5.74, 6) is -0.333. The van der Waals surface area contributed by atoms with Crippen molar-refractivity contribution in [2.45, 2.75) is 20.3 Å². The van der Waals surface area contributed by atoms with E-state index < -0.39 is 10.0 Å². The third kappa shape index (κ3) is 4.50. The minimum atomic E-state index is -3.38. The Bertz CT molecular complexity index is 771. The first kappa shape index (κ1) is 16.4. The first-order valence-electron chi connectivity index (χ1n) is 6.61. The molecule has 0 atom stereocenters. The molecule has 0 radical (unpaired) electrons. The van der Waals surface area contributed by atoms with Gasteiger partial charge in [-0.25, -0.2) is 8.42 Å². The second-order valence-corrected chi connectivity index (χ2v) is 7.61. The van der Waals surface area contributed by atoms with Crippen LogP contribution >= 0.6 is 11.3 Å². The Morgan fingerprint density at radius 1 is 1.32 bits per heavy atom. The van der Waals surface area contributed by atoms with Crippen molar-refractivity contribution >= 4 is 38.1 Å². The van der Waals surface area contributed by atoms with Crippen LogP contribution in [0.15, 0.2) is 24.3 Å². The molecule has 2 rings (SSSR count). The van der Waals surface area contributed by atoms with Crippen molar-refractivity contribution in [2.75, 3.05) is 15.8 Å². The van der Waals surface area contributed by atoms with Crippen LogP contribution in [-0.4, -0.2) is 30.3 Å². The summed E-state index contributed by atoms with van der Waals surface area (Å²) in [4.78, 5) is 12.1. The number of hydrogen-bond acceptors (Lipinski definition) is 6. The lowest BCUT2D eigenvalue weighted by Crippen LogP contribution is -2.17. The van der Waals surface area contributed by atoms with E-state index in [0.717, 1.165) is 5.01 Å². The Hall–Kier alpha value is -2.00. The van der Waals surface area contributed by atoms with Gasteiger partial charge in [0.25, 0.3) is 5.91 Å². The molecular weight excluding hydrogens is 324 g/mol. The molecule has 0 aliphatic carbocycles. The minimum Gasteiger partial charge on any atom is -0.296 e. The zero-order valence-corrected chi connectivity index (χ0v) is 13.8. The molecule has 7 nitrogen and oxygen atoms in total. The quantitative estimate of drug-likeness (QED) is 0.840. The molecular formula is C13H16N4O3S2. The number of carbonyl (C=O) groups excluding carboxylic acids is 1. The normalized spacial score (nSPS) is 11.2. The Morgan fingerprint density at radius 3 is 2.73 bits per heavy atom. The third-order valence-corrected chi connectivity index (χ3v) is 4.86. The SMILES string of the molecule is CCCS(=O)(=O)Nc1cccc(C(=O)Nc2nnc(C)s2)c1. The Kier molecular flexibility index (Phi) is 5.09. The van der Waals surface area contributed by atoms with Gasteiger partial charge in [-0.05, 0) is 31.5 Å². The van der Waals surface area contributed by atoms with E-state index in [9.17, 15) is 13.2 Å². The van der Waals surface area contributed by atoms with Gasteiger partial charge in [-0.2, -0.15) is 0 Å². The summed E-state index contributed by atoms with van der Waals surface area (Å²) >= 11 is 1.27. The summed E-state index contributed by atoms with van der Waals surface area (Å²) in [6, 6.07) is 6.29. The van der Waals surface area contributed by atoms with E-state index in [1.165, 1.54) is 17.4 Å². The maximum Gasteiger partial charge on any atom is 0.257 e. The molecule has 1 heterocycles. The van der Waals surface area contributed by atoms with Crippen LogP contribution in [0.3, 0.4) is 0 Å². The fourth-order valence-corrected chi connectivity index (χ4v) is 3.45. The molecule has 0 saturated heterocycles. The molecule has 22 heavy (non-hydrogen) atoms. The van der Waals surface area contributed by atoms with Crippen LogP contribution < -0.4 is 10.0 Å². The molecule has 9 heteroatoms. The zero-order valence-electron chi connectivity index (χ0n) is 12.2. The number of nitrogens with zero attached hydrogens (tertiary/aromatic N) is 2. The molecule has 1 aromatic heterocycles. The molecule has 0 bridgehead atoms. The minimum absolute atomic E-state index is 0.0352. The number of nitrogens with one attached hydrogen (secondary N) is 2. The van der Waals surface area contributed by atoms with Gasteiger partial charge in [0.2, 0.25) is 15.2 Å². The van der Waals surface area contributed by atoms with E-state index in [4.69, 9.17) is 0 Å². The van der Waals surface area contributed by atoms with E-state index in [2.05, 4.69) is 20.2 Å². The highest BCUT2D eigenvalue weighted by Crippen LogP contribution is 2.17. The van der Waals surface area contributed by atoms with Crippen molar-refractivity contribution in [2.24, 2.45) is 0 Å². The largest absolute Gasteiger partial charge is 0.296 e. The van der Waals surface area contributed by atoms with Gasteiger partial charge >= 0.3 is 0 Å². The van der Waals surface area contributed by atoms with Crippen molar-refractivity contribution in [3.63, 3.8) is 0 Å². The van der Waals surface area contributed by atoms with Crippen molar-refractivity contribution in [3.8, 4) is 0 Å². The molecule has 0 spiro atoms. The number of carbonyl (C=O) groups is 1. The van der Waals surface area contributed by atoms with E-state index >= 15 is 0 Å². The highest BCUT2D eigenvalue weighted by molar-refractivity contribution is 7.92. The number of hydrogen-bond donors (Lipinski definition) is 2. The topological polar surface area (TPSA) is 101 Å². The van der Waals surface area contributed by atoms with Crippen molar-refractivity contribution in [3.05, 3.63) is 34.8 Å². The highest BCUT2D eigenvalue weighted by Gasteiger charge is 2.12. The van der Waals surface area contributed by atoms with Crippen molar-refractivity contribution in [1.29, 1.82) is 0 Å². The van der Waals surface area contributed by atoms with Crippen LogP contribution in [0.2, 0.25) is 0 Å². The van der Waals surface area contributed by atoms with E-state index in [1.54, 1.807) is 32.0 Å². The van der Waals surface area contributed by atoms with E-state index in [1.807, 2.05) is 0 Å². The second-order valence-electron chi connectivity index (χ2n) is 4.58. The molecule has 0 aliphatic rings. The summed E-state index contributed by atoms with van der Waals surface area (Å²) in [5, 5.41) is 11.4. The fraction of sp³-hybridized carbons (Fsp3) is 0.308. The lowest BCUT2D eigenvalue weighted by Gasteiger charge is -2.08. The highest BCUT2D eigenvalue weighted by atomic mass is 32.2. The second kappa shape index (κ2) is 6.84. The summed E-state index contributed by atoms with van der Waals surface area (Å²) in [6.45, 7) is 3.57. The average molecular weight is 340 g/mol. The van der Waals surface area contributed by atoms with Crippen LogP contribution in [0, 0.1) is 6.92 Å². The number of amides is 1. The lowest BCUT2D eigenvalue weighted by molar-refractivity contribution is 0.102. The summed E-state index contributed by atoms with van der Waals surface area (Å²) in [6.07, 6.45) is 0.520. The molecule has 2 N–H and O–H groups in total. The van der Waals surface area contributed by atoms with Crippen LogP contribution in [0.25, 0.3) is 0 Å². The Morgan fingerprint density at radius 2 is 2.09 bits per heavy atom. The van der Waals surface area contributed by atoms with E-state index in [0.29, 0.717) is 22.8 Å². The van der Waals surface area contributed by atoms with E-state index in [-0.39, 0.29) is 11.7 Å². The third-order valence-electron chi connectivity index (χ3n) is 2.62. The van der Waals surface area contributed by atoms with Gasteiger partial charge in [-0.3, -0.25) is 14.8 Å². The van der Waals surface area contributed by atoms with Gasteiger partial charge < -0.3 is 0 Å². The van der Waals surface area contributed by atoms with Gasteiger partial charge in [0, 0.05) is 11.3 Å². The van der Waals surface area contributed by atoms with Crippen molar-refractivity contribution in [1.82, 2.24) is 10.2 Å². The smallest absolute Gasteiger partial charge is 0.257 e. The standard InChI is InChI=1S/C13H16N4O3S2/c1-3-7-22(19,20)17-11-6-4-5-10(8-11)12(18)14-13-16-15-9(2)21-13/h4-6,8,17H,3,7H2,1-2H3,(H,14,16,18). The number of rotatable bonds is 6. The molecule has 0 saturated carbocycles. The van der Waals surface area contributed by atoms with Gasteiger partial charge in [-0.15, -0.1) is 10.2 Å². The first-order valence-corrected chi connectivity index (χ1v) is 9.08. The van der Waals surface area contributed by atoms with Gasteiger partial charge in [0.15, 0.2) is 0 Å². The maximum absolute atomic E-state index is 12.1. The number of aromatic nitrogens is 2. The van der Waals surface area contributed by atoms with Gasteiger partial charge in [-0.1, -0.05) is 24.3 Å². The molecule has 1 amide bonds. The lowest BCUT2D eigenvalue weighted by atomic mass is 10.2. The van der Waals surface area contributed by atoms with Crippen molar-refractivity contribution < 1.29 is 13.2 Å². The predicted molar refractivity (Wildman–Crippen MR) is 86.7 cm³/mol. The van der Waals surface area contributed by atoms with Crippen LogP contribution in [-0.2, 0) is 10.0 Å². The number of benzene rings is 1. The van der Waals surface area contributed by atoms with Crippen LogP contribution in [0.5, 0.6) is 0 Å². The molecule has 1 aromatic carbocycles. The molecule has 0 aliphatic heterocycles. The summed E-state index contributed by atoms with van der Waals surface area (Å²) in [7, 11) is -3.38.